The molecule has 2 heterocycles. The monoisotopic (exact) mass is 320 g/mol. The highest BCUT2D eigenvalue weighted by atomic mass is 35.5. The Morgan fingerprint density at radius 2 is 2.26 bits per heavy atom. The third kappa shape index (κ3) is 2.79. The van der Waals surface area contributed by atoms with E-state index >= 15 is 0 Å². The van der Waals surface area contributed by atoms with E-state index in [9.17, 15) is 5.11 Å². The van der Waals surface area contributed by atoms with E-state index in [1.165, 1.54) is 0 Å². The molecule has 0 bridgehead atoms. The number of aliphatic hydroxyl groups is 1. The predicted octanol–water partition coefficient (Wildman–Crippen LogP) is 2.25. The molecule has 1 fully saturated rings. The Balaban J connectivity index is 0.00000133. The lowest BCUT2D eigenvalue weighted by Gasteiger charge is -2.31. The van der Waals surface area contributed by atoms with Crippen molar-refractivity contribution in [1.29, 1.82) is 0 Å². The van der Waals surface area contributed by atoms with Crippen LogP contribution >= 0.6 is 35.8 Å². The van der Waals surface area contributed by atoms with Crippen molar-refractivity contribution in [3.05, 3.63) is 29.3 Å². The number of hydrogen-bond acceptors (Lipinski definition) is 5. The molecular weight excluding hydrogens is 307 g/mol. The van der Waals surface area contributed by atoms with Crippen LogP contribution in [0, 0.1) is 0 Å². The van der Waals surface area contributed by atoms with Gasteiger partial charge in [0.05, 0.1) is 17.3 Å². The second kappa shape index (κ2) is 5.79. The Labute approximate surface area is 127 Å². The van der Waals surface area contributed by atoms with Crippen LogP contribution < -0.4 is 4.74 Å². The van der Waals surface area contributed by atoms with E-state index in [2.05, 4.69) is 4.99 Å². The summed E-state index contributed by atoms with van der Waals surface area (Å²) < 4.78 is 5.64. The molecule has 0 spiro atoms. The standard InChI is InChI=1S/C12H13ClN2O2S.ClH/c13-9-3-1-2-4-10(9)17-7-12(16)8-18-11-14-5-6-15(11)12;/h1-4,16H,5-8H2;1H. The van der Waals surface area contributed by atoms with Gasteiger partial charge >= 0.3 is 0 Å². The van der Waals surface area contributed by atoms with E-state index in [0.717, 1.165) is 18.3 Å². The third-order valence-electron chi connectivity index (χ3n) is 3.03. The first kappa shape index (κ1) is 14.8. The van der Waals surface area contributed by atoms with Crippen LogP contribution in [0.25, 0.3) is 0 Å². The van der Waals surface area contributed by atoms with Crippen molar-refractivity contribution < 1.29 is 9.84 Å². The van der Waals surface area contributed by atoms with E-state index in [-0.39, 0.29) is 19.0 Å². The van der Waals surface area contributed by atoms with Gasteiger partial charge in [0.1, 0.15) is 12.4 Å². The normalized spacial score (nSPS) is 24.7. The number of amidine groups is 1. The maximum Gasteiger partial charge on any atom is 0.184 e. The van der Waals surface area contributed by atoms with Gasteiger partial charge in [-0.05, 0) is 12.1 Å². The lowest BCUT2D eigenvalue weighted by atomic mass is 10.2. The lowest BCUT2D eigenvalue weighted by Crippen LogP contribution is -2.51. The SMILES string of the molecule is Cl.OC1(COc2ccccc2Cl)CSC2=NCCN21. The van der Waals surface area contributed by atoms with Crippen LogP contribution in [0.4, 0.5) is 0 Å². The summed E-state index contributed by atoms with van der Waals surface area (Å²) in [6.07, 6.45) is 0. The quantitative estimate of drug-likeness (QED) is 0.927. The number of nitrogens with zero attached hydrogens (tertiary/aromatic N) is 2. The van der Waals surface area contributed by atoms with Crippen LogP contribution in [0.15, 0.2) is 29.3 Å². The Morgan fingerprint density at radius 3 is 3.05 bits per heavy atom. The van der Waals surface area contributed by atoms with Gasteiger partial charge in [0.2, 0.25) is 0 Å². The summed E-state index contributed by atoms with van der Waals surface area (Å²) in [5, 5.41) is 12.0. The fourth-order valence-corrected chi connectivity index (χ4v) is 3.46. The molecule has 1 aromatic rings. The van der Waals surface area contributed by atoms with Crippen molar-refractivity contribution in [2.75, 3.05) is 25.4 Å². The summed E-state index contributed by atoms with van der Waals surface area (Å²) in [5.74, 6) is 1.18. The van der Waals surface area contributed by atoms with E-state index < -0.39 is 5.72 Å². The first-order chi connectivity index (χ1) is 8.69. The number of para-hydroxylation sites is 1. The van der Waals surface area contributed by atoms with Crippen LogP contribution in [0.2, 0.25) is 5.02 Å². The minimum atomic E-state index is -0.973. The number of ether oxygens (including phenoxy) is 1. The summed E-state index contributed by atoms with van der Waals surface area (Å²) in [6, 6.07) is 7.28. The van der Waals surface area contributed by atoms with Gasteiger partial charge in [-0.2, -0.15) is 0 Å². The summed E-state index contributed by atoms with van der Waals surface area (Å²) in [4.78, 5) is 6.24. The van der Waals surface area contributed by atoms with Gasteiger partial charge in [-0.3, -0.25) is 4.99 Å². The number of halogens is 2. The van der Waals surface area contributed by atoms with Gasteiger partial charge in [0.25, 0.3) is 0 Å². The molecule has 19 heavy (non-hydrogen) atoms. The average molecular weight is 321 g/mol. The molecule has 1 N–H and O–H groups in total. The van der Waals surface area contributed by atoms with E-state index in [4.69, 9.17) is 16.3 Å². The van der Waals surface area contributed by atoms with E-state index in [0.29, 0.717) is 16.5 Å². The zero-order chi connectivity index (χ0) is 12.6. The van der Waals surface area contributed by atoms with E-state index in [1.807, 2.05) is 17.0 Å². The minimum Gasteiger partial charge on any atom is -0.487 e. The highest BCUT2D eigenvalue weighted by Crippen LogP contribution is 2.34. The van der Waals surface area contributed by atoms with Gasteiger partial charge in [0.15, 0.2) is 10.9 Å². The van der Waals surface area contributed by atoms with Crippen molar-refractivity contribution in [3.8, 4) is 5.75 Å². The maximum atomic E-state index is 10.6. The maximum absolute atomic E-state index is 10.6. The summed E-state index contributed by atoms with van der Waals surface area (Å²) in [5.41, 5.74) is -0.973. The molecule has 7 heteroatoms. The van der Waals surface area contributed by atoms with Crippen LogP contribution in [-0.4, -0.2) is 46.3 Å². The van der Waals surface area contributed by atoms with E-state index in [1.54, 1.807) is 23.9 Å². The molecule has 1 saturated heterocycles. The number of rotatable bonds is 3. The third-order valence-corrected chi connectivity index (χ3v) is 4.56. The molecule has 0 aromatic heterocycles. The first-order valence-corrected chi connectivity index (χ1v) is 7.10. The lowest BCUT2D eigenvalue weighted by molar-refractivity contribution is -0.0694. The topological polar surface area (TPSA) is 45.1 Å². The van der Waals surface area contributed by atoms with Crippen molar-refractivity contribution >= 4 is 40.9 Å². The predicted molar refractivity (Wildman–Crippen MR) is 80.6 cm³/mol. The second-order valence-corrected chi connectivity index (χ2v) is 5.66. The number of thioether (sulfide) groups is 1. The van der Waals surface area contributed by atoms with Crippen LogP contribution in [0.1, 0.15) is 0 Å². The molecule has 0 saturated carbocycles. The molecule has 1 unspecified atom stereocenters. The van der Waals surface area contributed by atoms with Crippen molar-refractivity contribution in [2.45, 2.75) is 5.72 Å². The van der Waals surface area contributed by atoms with Gasteiger partial charge in [-0.1, -0.05) is 35.5 Å². The van der Waals surface area contributed by atoms with Gasteiger partial charge in [-0.15, -0.1) is 12.4 Å². The Hall–Kier alpha value is -0.620. The number of benzene rings is 1. The molecule has 1 atom stereocenters. The average Bonchev–Trinajstić information content (AvgIpc) is 2.94. The first-order valence-electron chi connectivity index (χ1n) is 5.74. The summed E-state index contributed by atoms with van der Waals surface area (Å²) >= 11 is 7.59. The minimum absolute atomic E-state index is 0. The van der Waals surface area contributed by atoms with Crippen LogP contribution in [-0.2, 0) is 0 Å². The highest BCUT2D eigenvalue weighted by molar-refractivity contribution is 8.14. The molecule has 0 radical (unpaired) electrons. The molecule has 2 aliphatic heterocycles. The molecule has 0 amide bonds. The highest BCUT2D eigenvalue weighted by Gasteiger charge is 2.45. The number of fused-ring (bicyclic) bond motifs is 1. The molecule has 1 aromatic carbocycles. The van der Waals surface area contributed by atoms with Crippen molar-refractivity contribution in [2.24, 2.45) is 4.99 Å². The Morgan fingerprint density at radius 1 is 1.47 bits per heavy atom. The smallest absolute Gasteiger partial charge is 0.184 e. The fraction of sp³-hybridized carbons (Fsp3) is 0.417. The van der Waals surface area contributed by atoms with Gasteiger partial charge in [0, 0.05) is 6.54 Å². The van der Waals surface area contributed by atoms with Crippen molar-refractivity contribution in [1.82, 2.24) is 4.90 Å². The molecule has 4 nitrogen and oxygen atoms in total. The molecule has 3 rings (SSSR count). The van der Waals surface area contributed by atoms with Gasteiger partial charge in [-0.25, -0.2) is 0 Å². The Kier molecular flexibility index (Phi) is 4.50. The largest absolute Gasteiger partial charge is 0.487 e. The molecule has 104 valence electrons. The zero-order valence-electron chi connectivity index (χ0n) is 10.1. The zero-order valence-corrected chi connectivity index (χ0v) is 12.5. The van der Waals surface area contributed by atoms with Crippen LogP contribution in [0.5, 0.6) is 5.75 Å². The molecule has 2 aliphatic rings. The fourth-order valence-electron chi connectivity index (χ4n) is 2.07. The van der Waals surface area contributed by atoms with Crippen LogP contribution in [0.3, 0.4) is 0 Å². The molecule has 0 aliphatic carbocycles. The second-order valence-electron chi connectivity index (χ2n) is 4.31. The van der Waals surface area contributed by atoms with Gasteiger partial charge < -0.3 is 14.7 Å². The molecular formula is C12H14Cl2N2O2S. The van der Waals surface area contributed by atoms with Crippen molar-refractivity contribution in [3.63, 3.8) is 0 Å². The summed E-state index contributed by atoms with van der Waals surface area (Å²) in [7, 11) is 0. The number of hydrogen-bond donors (Lipinski definition) is 1. The summed E-state index contributed by atoms with van der Waals surface area (Å²) in [6.45, 7) is 1.70. The Bertz CT molecular complexity index is 500. The number of aliphatic imine (C=N–C) groups is 1.